The Balaban J connectivity index is 2.29. The summed E-state index contributed by atoms with van der Waals surface area (Å²) >= 11 is 0. The lowest BCUT2D eigenvalue weighted by molar-refractivity contribution is 0.267. The number of rotatable bonds is 9. The van der Waals surface area contributed by atoms with E-state index in [0.29, 0.717) is 6.04 Å². The van der Waals surface area contributed by atoms with Gasteiger partial charge in [0, 0.05) is 31.9 Å². The fraction of sp³-hybridized carbons (Fsp3) is 0.857. The number of hydrogen-bond donors (Lipinski definition) is 1. The summed E-state index contributed by atoms with van der Waals surface area (Å²) in [5, 5.41) is 11.7. The highest BCUT2D eigenvalue weighted by molar-refractivity contribution is 4.91. The minimum absolute atomic E-state index is 0.479. The number of likely N-dealkylation sites (N-methyl/N-ethyl adjacent to an activating group) is 1. The summed E-state index contributed by atoms with van der Waals surface area (Å²) in [6.45, 7) is 12.7. The van der Waals surface area contributed by atoms with Gasteiger partial charge in [0.2, 0.25) is 0 Å². The van der Waals surface area contributed by atoms with E-state index in [1.807, 2.05) is 10.9 Å². The van der Waals surface area contributed by atoms with Gasteiger partial charge in [-0.05, 0) is 13.0 Å². The predicted molar refractivity (Wildman–Crippen MR) is 78.9 cm³/mol. The molecule has 0 bridgehead atoms. The maximum absolute atomic E-state index is 4.18. The molecule has 1 unspecified atom stereocenters. The molecule has 5 nitrogen and oxygen atoms in total. The van der Waals surface area contributed by atoms with Gasteiger partial charge >= 0.3 is 0 Å². The van der Waals surface area contributed by atoms with Crippen LogP contribution in [0.15, 0.2) is 6.20 Å². The minimum Gasteiger partial charge on any atom is -0.309 e. The van der Waals surface area contributed by atoms with Crippen LogP contribution in [0, 0.1) is 5.92 Å². The van der Waals surface area contributed by atoms with Crippen LogP contribution in [-0.4, -0.2) is 46.1 Å². The summed E-state index contributed by atoms with van der Waals surface area (Å²) in [7, 11) is 2.17. The average molecular weight is 267 g/mol. The van der Waals surface area contributed by atoms with Gasteiger partial charge in [-0.3, -0.25) is 4.68 Å². The van der Waals surface area contributed by atoms with E-state index in [2.05, 4.69) is 55.3 Å². The Morgan fingerprint density at radius 3 is 2.74 bits per heavy atom. The molecule has 0 aliphatic rings. The van der Waals surface area contributed by atoms with Crippen LogP contribution < -0.4 is 5.32 Å². The SMILES string of the molecule is CCC(C)CN(C)CCn1cc(CNC(C)C)nn1. The van der Waals surface area contributed by atoms with Gasteiger partial charge < -0.3 is 10.2 Å². The van der Waals surface area contributed by atoms with Gasteiger partial charge in [0.15, 0.2) is 0 Å². The standard InChI is InChI=1S/C14H29N5/c1-6-13(4)10-18(5)7-8-19-11-14(16-17-19)9-15-12(2)3/h11-13,15H,6-10H2,1-5H3. The van der Waals surface area contributed by atoms with E-state index in [9.17, 15) is 0 Å². The maximum atomic E-state index is 4.18. The Hall–Kier alpha value is -0.940. The van der Waals surface area contributed by atoms with Crippen LogP contribution in [0.25, 0.3) is 0 Å². The first-order valence-corrected chi connectivity index (χ1v) is 7.32. The third-order valence-electron chi connectivity index (χ3n) is 3.31. The van der Waals surface area contributed by atoms with E-state index >= 15 is 0 Å². The van der Waals surface area contributed by atoms with E-state index in [1.54, 1.807) is 0 Å². The lowest BCUT2D eigenvalue weighted by Crippen LogP contribution is -2.28. The van der Waals surface area contributed by atoms with Crippen molar-refractivity contribution in [3.8, 4) is 0 Å². The van der Waals surface area contributed by atoms with Crippen molar-refractivity contribution in [2.24, 2.45) is 5.92 Å². The van der Waals surface area contributed by atoms with Crippen LogP contribution in [0.2, 0.25) is 0 Å². The zero-order chi connectivity index (χ0) is 14.3. The molecule has 1 heterocycles. The van der Waals surface area contributed by atoms with Gasteiger partial charge in [0.25, 0.3) is 0 Å². The molecule has 1 atom stereocenters. The Labute approximate surface area is 117 Å². The topological polar surface area (TPSA) is 46.0 Å². The lowest BCUT2D eigenvalue weighted by atomic mass is 10.1. The van der Waals surface area contributed by atoms with Gasteiger partial charge in [-0.2, -0.15) is 0 Å². The molecule has 110 valence electrons. The summed E-state index contributed by atoms with van der Waals surface area (Å²) in [6, 6.07) is 0.479. The van der Waals surface area contributed by atoms with Crippen LogP contribution in [0.5, 0.6) is 0 Å². The van der Waals surface area contributed by atoms with E-state index in [0.717, 1.165) is 37.8 Å². The molecule has 1 aromatic heterocycles. The van der Waals surface area contributed by atoms with E-state index < -0.39 is 0 Å². The second-order valence-electron chi connectivity index (χ2n) is 5.78. The largest absolute Gasteiger partial charge is 0.309 e. The van der Waals surface area contributed by atoms with Crippen molar-refractivity contribution in [2.45, 2.75) is 53.2 Å². The van der Waals surface area contributed by atoms with E-state index in [4.69, 9.17) is 0 Å². The number of nitrogens with one attached hydrogen (secondary N) is 1. The summed E-state index contributed by atoms with van der Waals surface area (Å²) in [5.41, 5.74) is 1.01. The third-order valence-corrected chi connectivity index (χ3v) is 3.31. The highest BCUT2D eigenvalue weighted by Gasteiger charge is 2.06. The van der Waals surface area contributed by atoms with Crippen molar-refractivity contribution in [1.82, 2.24) is 25.2 Å². The first-order chi connectivity index (χ1) is 9.01. The number of hydrogen-bond acceptors (Lipinski definition) is 4. The molecule has 0 radical (unpaired) electrons. The monoisotopic (exact) mass is 267 g/mol. The van der Waals surface area contributed by atoms with Crippen molar-refractivity contribution < 1.29 is 0 Å². The van der Waals surface area contributed by atoms with Crippen LogP contribution in [-0.2, 0) is 13.1 Å². The average Bonchev–Trinajstić information content (AvgIpc) is 2.81. The van der Waals surface area contributed by atoms with Crippen LogP contribution in [0.1, 0.15) is 39.8 Å². The molecule has 1 N–H and O–H groups in total. The molecule has 1 rings (SSSR count). The molecule has 5 heteroatoms. The van der Waals surface area contributed by atoms with Gasteiger partial charge in [-0.15, -0.1) is 5.10 Å². The Kier molecular flexibility index (Phi) is 7.02. The first-order valence-electron chi connectivity index (χ1n) is 7.32. The van der Waals surface area contributed by atoms with Crippen molar-refractivity contribution in [1.29, 1.82) is 0 Å². The summed E-state index contributed by atoms with van der Waals surface area (Å²) < 4.78 is 1.93. The molecule has 0 aliphatic heterocycles. The second-order valence-corrected chi connectivity index (χ2v) is 5.78. The zero-order valence-electron chi connectivity index (χ0n) is 13.1. The van der Waals surface area contributed by atoms with Crippen molar-refractivity contribution in [3.63, 3.8) is 0 Å². The molecule has 0 amide bonds. The normalized spacial score (nSPS) is 13.4. The molecule has 0 spiro atoms. The smallest absolute Gasteiger partial charge is 0.0964 e. The van der Waals surface area contributed by atoms with Gasteiger partial charge in [-0.1, -0.05) is 39.3 Å². The van der Waals surface area contributed by atoms with Crippen molar-refractivity contribution in [2.75, 3.05) is 20.1 Å². The molecule has 19 heavy (non-hydrogen) atoms. The quantitative estimate of drug-likeness (QED) is 0.740. The summed E-state index contributed by atoms with van der Waals surface area (Å²) in [6.07, 6.45) is 3.27. The maximum Gasteiger partial charge on any atom is 0.0964 e. The first kappa shape index (κ1) is 16.1. The molecule has 0 aromatic carbocycles. The van der Waals surface area contributed by atoms with Crippen molar-refractivity contribution >= 4 is 0 Å². The summed E-state index contributed by atoms with van der Waals surface area (Å²) in [5.74, 6) is 0.756. The molecular weight excluding hydrogens is 238 g/mol. The highest BCUT2D eigenvalue weighted by atomic mass is 15.4. The van der Waals surface area contributed by atoms with Gasteiger partial charge in [-0.25, -0.2) is 0 Å². The molecule has 0 aliphatic carbocycles. The van der Waals surface area contributed by atoms with Crippen LogP contribution in [0.3, 0.4) is 0 Å². The molecular formula is C14H29N5. The van der Waals surface area contributed by atoms with Gasteiger partial charge in [0.05, 0.1) is 12.2 Å². The van der Waals surface area contributed by atoms with E-state index in [1.165, 1.54) is 6.42 Å². The molecule has 0 saturated heterocycles. The lowest BCUT2D eigenvalue weighted by Gasteiger charge is -2.19. The Morgan fingerprint density at radius 2 is 2.11 bits per heavy atom. The number of nitrogens with zero attached hydrogens (tertiary/aromatic N) is 4. The summed E-state index contributed by atoms with van der Waals surface area (Å²) in [4.78, 5) is 2.36. The second kappa shape index (κ2) is 8.27. The molecule has 0 fully saturated rings. The third kappa shape index (κ3) is 6.68. The van der Waals surface area contributed by atoms with Crippen LogP contribution in [0.4, 0.5) is 0 Å². The van der Waals surface area contributed by atoms with E-state index in [-0.39, 0.29) is 0 Å². The predicted octanol–water partition coefficient (Wildman–Crippen LogP) is 1.75. The fourth-order valence-corrected chi connectivity index (χ4v) is 1.86. The minimum atomic E-state index is 0.479. The Morgan fingerprint density at radius 1 is 1.37 bits per heavy atom. The fourth-order valence-electron chi connectivity index (χ4n) is 1.86. The van der Waals surface area contributed by atoms with Crippen molar-refractivity contribution in [3.05, 3.63) is 11.9 Å². The van der Waals surface area contributed by atoms with Gasteiger partial charge in [0.1, 0.15) is 0 Å². The molecule has 1 aromatic rings. The van der Waals surface area contributed by atoms with Crippen LogP contribution >= 0.6 is 0 Å². The zero-order valence-corrected chi connectivity index (χ0v) is 13.1. The molecule has 0 saturated carbocycles. The number of aromatic nitrogens is 3. The Bertz CT molecular complexity index is 347. The highest BCUT2D eigenvalue weighted by Crippen LogP contribution is 2.02.